The largest absolute Gasteiger partial charge is 0.310 e. The molecule has 7 aliphatic carbocycles. The number of fused-ring (bicyclic) bond motifs is 9. The van der Waals surface area contributed by atoms with E-state index in [1.165, 1.54) is 116 Å². The molecular formula is C61H49N. The Labute approximate surface area is 365 Å². The van der Waals surface area contributed by atoms with Crippen molar-refractivity contribution in [3.05, 3.63) is 221 Å². The molecule has 7 aliphatic rings. The highest BCUT2D eigenvalue weighted by Crippen LogP contribution is 2.69. The molecule has 8 aromatic rings. The van der Waals surface area contributed by atoms with Gasteiger partial charge in [-0.3, -0.25) is 0 Å². The van der Waals surface area contributed by atoms with E-state index in [0.717, 1.165) is 36.5 Å². The first-order valence-electron chi connectivity index (χ1n) is 23.3. The molecule has 0 radical (unpaired) electrons. The van der Waals surface area contributed by atoms with Crippen molar-refractivity contribution in [3.8, 4) is 44.5 Å². The fourth-order valence-electron chi connectivity index (χ4n) is 14.6. The highest BCUT2D eigenvalue weighted by atomic mass is 15.1. The van der Waals surface area contributed by atoms with Crippen LogP contribution in [0.2, 0.25) is 0 Å². The van der Waals surface area contributed by atoms with Crippen molar-refractivity contribution in [3.63, 3.8) is 0 Å². The van der Waals surface area contributed by atoms with Crippen LogP contribution < -0.4 is 4.90 Å². The minimum atomic E-state index is -0.0177. The Bertz CT molecular complexity index is 3030. The zero-order valence-electron chi connectivity index (χ0n) is 35.1. The van der Waals surface area contributed by atoms with Crippen molar-refractivity contribution in [1.29, 1.82) is 0 Å². The van der Waals surface area contributed by atoms with Gasteiger partial charge in [0.15, 0.2) is 0 Å². The van der Waals surface area contributed by atoms with E-state index in [2.05, 4.69) is 193 Å². The van der Waals surface area contributed by atoms with Crippen LogP contribution in [0.3, 0.4) is 0 Å². The summed E-state index contributed by atoms with van der Waals surface area (Å²) in [6.07, 6.45) is 9.14. The third-order valence-corrected chi connectivity index (χ3v) is 16.9. The Morgan fingerprint density at radius 3 is 1.47 bits per heavy atom. The highest BCUT2D eigenvalue weighted by molar-refractivity contribution is 5.88. The molecule has 4 saturated carbocycles. The number of anilines is 3. The van der Waals surface area contributed by atoms with Gasteiger partial charge in [0, 0.05) is 27.9 Å². The summed E-state index contributed by atoms with van der Waals surface area (Å²) in [6, 6.07) is 72.0. The van der Waals surface area contributed by atoms with E-state index >= 15 is 0 Å². The molecule has 4 bridgehead atoms. The average molecular weight is 796 g/mol. The Morgan fingerprint density at radius 1 is 0.339 bits per heavy atom. The fraction of sp³-hybridized carbons (Fsp3) is 0.213. The van der Waals surface area contributed by atoms with Gasteiger partial charge in [0.1, 0.15) is 0 Å². The molecule has 0 amide bonds. The van der Waals surface area contributed by atoms with Crippen molar-refractivity contribution in [2.45, 2.75) is 55.8 Å². The van der Waals surface area contributed by atoms with E-state index in [1.807, 2.05) is 0 Å². The number of nitrogens with zero attached hydrogens (tertiary/aromatic N) is 1. The first-order chi connectivity index (χ1) is 30.6. The first-order valence-corrected chi connectivity index (χ1v) is 23.3. The minimum absolute atomic E-state index is 0.0177. The SMILES string of the molecule is c1ccc(-c2ccc(N(c3ccc(-c4ccc5c(c4)C4(Cc6ccccc6C4)c4ccccc4-5)cc3)c3ccc4c(c3)C3(c5ccccc5-4)C4CC5CC(C4)CC3C5)cc2)cc1. The maximum Gasteiger partial charge on any atom is 0.0465 e. The Balaban J connectivity index is 0.884. The third-order valence-electron chi connectivity index (χ3n) is 16.9. The maximum atomic E-state index is 2.63. The molecule has 0 heterocycles. The smallest absolute Gasteiger partial charge is 0.0465 e. The summed E-state index contributed by atoms with van der Waals surface area (Å²) in [6.45, 7) is 0. The molecule has 0 atom stereocenters. The summed E-state index contributed by atoms with van der Waals surface area (Å²) in [5, 5.41) is 0. The van der Waals surface area contributed by atoms with Crippen LogP contribution in [0.1, 0.15) is 65.5 Å². The molecule has 8 aromatic carbocycles. The second kappa shape index (κ2) is 13.0. The molecule has 2 spiro atoms. The van der Waals surface area contributed by atoms with Gasteiger partial charge < -0.3 is 4.90 Å². The van der Waals surface area contributed by atoms with Gasteiger partial charge in [0.2, 0.25) is 0 Å². The molecular weight excluding hydrogens is 747 g/mol. The lowest BCUT2D eigenvalue weighted by Gasteiger charge is -2.61. The highest BCUT2D eigenvalue weighted by Gasteiger charge is 2.61. The van der Waals surface area contributed by atoms with E-state index in [0.29, 0.717) is 0 Å². The molecule has 0 aliphatic heterocycles. The lowest BCUT2D eigenvalue weighted by atomic mass is 9.43. The van der Waals surface area contributed by atoms with Crippen LogP contribution in [0.25, 0.3) is 44.5 Å². The van der Waals surface area contributed by atoms with Gasteiger partial charge in [-0.1, -0.05) is 146 Å². The van der Waals surface area contributed by atoms with Crippen molar-refractivity contribution in [1.82, 2.24) is 0 Å². The van der Waals surface area contributed by atoms with Crippen molar-refractivity contribution < 1.29 is 0 Å². The quantitative estimate of drug-likeness (QED) is 0.168. The summed E-state index contributed by atoms with van der Waals surface area (Å²) < 4.78 is 0. The van der Waals surface area contributed by atoms with E-state index in [4.69, 9.17) is 0 Å². The average Bonchev–Trinajstić information content (AvgIpc) is 3.95. The predicted octanol–water partition coefficient (Wildman–Crippen LogP) is 15.3. The number of benzene rings is 8. The molecule has 0 N–H and O–H groups in total. The van der Waals surface area contributed by atoms with Gasteiger partial charge in [-0.2, -0.15) is 0 Å². The molecule has 0 saturated heterocycles. The molecule has 1 nitrogen and oxygen atoms in total. The molecule has 1 heteroatoms. The Morgan fingerprint density at radius 2 is 0.806 bits per heavy atom. The Hall–Kier alpha value is -6.44. The van der Waals surface area contributed by atoms with Crippen molar-refractivity contribution in [2.24, 2.45) is 23.7 Å². The summed E-state index contributed by atoms with van der Waals surface area (Å²) in [4.78, 5) is 2.52. The van der Waals surface area contributed by atoms with Crippen molar-refractivity contribution >= 4 is 17.1 Å². The maximum absolute atomic E-state index is 2.63. The lowest BCUT2D eigenvalue weighted by molar-refractivity contribution is -0.0399. The van der Waals surface area contributed by atoms with E-state index < -0.39 is 0 Å². The van der Waals surface area contributed by atoms with Crippen LogP contribution in [0, 0.1) is 23.7 Å². The summed E-state index contributed by atoms with van der Waals surface area (Å²) in [5.74, 6) is 3.29. The Kier molecular flexibility index (Phi) is 7.40. The van der Waals surface area contributed by atoms with Gasteiger partial charge in [-0.25, -0.2) is 0 Å². The van der Waals surface area contributed by atoms with Crippen LogP contribution in [0.5, 0.6) is 0 Å². The second-order valence-electron chi connectivity index (χ2n) is 19.8. The normalized spacial score (nSPS) is 23.5. The second-order valence-corrected chi connectivity index (χ2v) is 19.8. The monoisotopic (exact) mass is 795 g/mol. The first kappa shape index (κ1) is 35.2. The van der Waals surface area contributed by atoms with Gasteiger partial charge >= 0.3 is 0 Å². The van der Waals surface area contributed by atoms with Crippen molar-refractivity contribution in [2.75, 3.05) is 4.90 Å². The van der Waals surface area contributed by atoms with Gasteiger partial charge in [0.25, 0.3) is 0 Å². The van der Waals surface area contributed by atoms with Gasteiger partial charge in [-0.15, -0.1) is 0 Å². The molecule has 0 unspecified atom stereocenters. The van der Waals surface area contributed by atoms with E-state index in [1.54, 1.807) is 11.1 Å². The molecule has 0 aromatic heterocycles. The molecule has 298 valence electrons. The van der Waals surface area contributed by atoms with Crippen LogP contribution in [0.4, 0.5) is 17.1 Å². The van der Waals surface area contributed by atoms with Crippen LogP contribution >= 0.6 is 0 Å². The summed E-state index contributed by atoms with van der Waals surface area (Å²) in [7, 11) is 0. The van der Waals surface area contributed by atoms with E-state index in [-0.39, 0.29) is 10.8 Å². The van der Waals surface area contributed by atoms with Crippen LogP contribution in [-0.4, -0.2) is 0 Å². The zero-order chi connectivity index (χ0) is 40.6. The van der Waals surface area contributed by atoms with Gasteiger partial charge in [-0.05, 0) is 189 Å². The predicted molar refractivity (Wildman–Crippen MR) is 255 cm³/mol. The topological polar surface area (TPSA) is 3.24 Å². The third kappa shape index (κ3) is 4.86. The van der Waals surface area contributed by atoms with Crippen LogP contribution in [0.15, 0.2) is 188 Å². The number of rotatable bonds is 5. The minimum Gasteiger partial charge on any atom is -0.310 e. The number of hydrogen-bond donors (Lipinski definition) is 0. The fourth-order valence-corrected chi connectivity index (χ4v) is 14.6. The lowest BCUT2D eigenvalue weighted by Crippen LogP contribution is -2.55. The standard InChI is InChI=1S/C61H49N/c1-2-10-41(11-3-1)42-18-23-49(24-19-42)62(51-27-29-55-53-15-7-9-17-57(53)61(59(55)36-51)47-31-39-30-40(33-47)34-48(61)32-39)50-25-20-43(21-26-50)44-22-28-54-52-14-6-8-16-56(52)60(58(54)35-44)37-45-12-4-5-13-46(45)38-60/h1-29,35-36,39-40,47-48H,30-34,37-38H2. The van der Waals surface area contributed by atoms with Crippen LogP contribution in [-0.2, 0) is 23.7 Å². The molecule has 62 heavy (non-hydrogen) atoms. The molecule has 15 rings (SSSR count). The summed E-state index contributed by atoms with van der Waals surface area (Å²) >= 11 is 0. The summed E-state index contributed by atoms with van der Waals surface area (Å²) in [5.41, 5.74) is 23.7. The van der Waals surface area contributed by atoms with Gasteiger partial charge in [0.05, 0.1) is 0 Å². The van der Waals surface area contributed by atoms with E-state index in [9.17, 15) is 0 Å². The molecule has 4 fully saturated rings. The number of hydrogen-bond acceptors (Lipinski definition) is 1. The zero-order valence-corrected chi connectivity index (χ0v) is 35.1.